The van der Waals surface area contributed by atoms with Crippen molar-refractivity contribution in [1.29, 1.82) is 0 Å². The van der Waals surface area contributed by atoms with Gasteiger partial charge in [0.25, 0.3) is 0 Å². The standard InChI is InChI=1S/C15H31N3/c16-8-4-5-9-17-10-12-18(13-11-17)14-15-6-2-1-3-7-15/h15H,1-14,16H2. The Balaban J connectivity index is 1.57. The average molecular weight is 253 g/mol. The molecule has 0 aromatic carbocycles. The van der Waals surface area contributed by atoms with Gasteiger partial charge in [-0.05, 0) is 44.7 Å². The van der Waals surface area contributed by atoms with Crippen LogP contribution in [-0.2, 0) is 0 Å². The average Bonchev–Trinajstić information content (AvgIpc) is 2.42. The summed E-state index contributed by atoms with van der Waals surface area (Å²) in [5, 5.41) is 0. The molecular formula is C15H31N3. The highest BCUT2D eigenvalue weighted by Gasteiger charge is 2.20. The molecule has 0 radical (unpaired) electrons. The van der Waals surface area contributed by atoms with E-state index in [0.717, 1.165) is 12.5 Å². The van der Waals surface area contributed by atoms with Crippen LogP contribution in [0.2, 0.25) is 0 Å². The molecule has 1 heterocycles. The minimum absolute atomic E-state index is 0.849. The Morgan fingerprint density at radius 1 is 0.833 bits per heavy atom. The van der Waals surface area contributed by atoms with Gasteiger partial charge in [0, 0.05) is 32.7 Å². The second-order valence-corrected chi connectivity index (χ2v) is 6.14. The summed E-state index contributed by atoms with van der Waals surface area (Å²) in [7, 11) is 0. The molecule has 3 heteroatoms. The van der Waals surface area contributed by atoms with Crippen molar-refractivity contribution in [2.75, 3.05) is 45.8 Å². The molecule has 0 spiro atoms. The van der Waals surface area contributed by atoms with Gasteiger partial charge >= 0.3 is 0 Å². The number of hydrogen-bond acceptors (Lipinski definition) is 3. The van der Waals surface area contributed by atoms with E-state index in [1.807, 2.05) is 0 Å². The van der Waals surface area contributed by atoms with E-state index in [9.17, 15) is 0 Å². The van der Waals surface area contributed by atoms with Crippen LogP contribution >= 0.6 is 0 Å². The van der Waals surface area contributed by atoms with E-state index in [1.165, 1.54) is 84.2 Å². The van der Waals surface area contributed by atoms with Crippen LogP contribution in [0.4, 0.5) is 0 Å². The minimum atomic E-state index is 0.849. The van der Waals surface area contributed by atoms with E-state index in [2.05, 4.69) is 9.80 Å². The number of rotatable bonds is 6. The summed E-state index contributed by atoms with van der Waals surface area (Å²) in [6.07, 6.45) is 9.85. The zero-order valence-corrected chi connectivity index (χ0v) is 11.9. The summed E-state index contributed by atoms with van der Waals surface area (Å²) >= 11 is 0. The molecule has 0 amide bonds. The van der Waals surface area contributed by atoms with Gasteiger partial charge in [-0.15, -0.1) is 0 Å². The number of unbranched alkanes of at least 4 members (excludes halogenated alkanes) is 1. The van der Waals surface area contributed by atoms with Crippen LogP contribution in [-0.4, -0.2) is 55.6 Å². The minimum Gasteiger partial charge on any atom is -0.330 e. The van der Waals surface area contributed by atoms with Crippen LogP contribution in [0.15, 0.2) is 0 Å². The van der Waals surface area contributed by atoms with Gasteiger partial charge in [-0.1, -0.05) is 19.3 Å². The van der Waals surface area contributed by atoms with E-state index in [-0.39, 0.29) is 0 Å². The molecule has 2 N–H and O–H groups in total. The number of piperazine rings is 1. The van der Waals surface area contributed by atoms with Gasteiger partial charge in [-0.2, -0.15) is 0 Å². The Morgan fingerprint density at radius 2 is 1.50 bits per heavy atom. The molecule has 1 saturated carbocycles. The fourth-order valence-electron chi connectivity index (χ4n) is 3.41. The number of nitrogens with two attached hydrogens (primary N) is 1. The van der Waals surface area contributed by atoms with Gasteiger partial charge in [-0.25, -0.2) is 0 Å². The SMILES string of the molecule is NCCCCN1CCN(CC2CCCCC2)CC1. The summed E-state index contributed by atoms with van der Waals surface area (Å²) < 4.78 is 0. The Labute approximate surface area is 113 Å². The van der Waals surface area contributed by atoms with Gasteiger partial charge in [0.2, 0.25) is 0 Å². The predicted octanol–water partition coefficient (Wildman–Crippen LogP) is 1.92. The largest absolute Gasteiger partial charge is 0.330 e. The highest BCUT2D eigenvalue weighted by atomic mass is 15.3. The molecule has 2 aliphatic rings. The van der Waals surface area contributed by atoms with Crippen molar-refractivity contribution >= 4 is 0 Å². The molecule has 1 aliphatic carbocycles. The Bertz CT molecular complexity index is 206. The Hall–Kier alpha value is -0.120. The van der Waals surface area contributed by atoms with Crippen LogP contribution < -0.4 is 5.73 Å². The molecule has 1 saturated heterocycles. The molecule has 3 nitrogen and oxygen atoms in total. The van der Waals surface area contributed by atoms with E-state index >= 15 is 0 Å². The third-order valence-corrected chi connectivity index (χ3v) is 4.63. The Morgan fingerprint density at radius 3 is 2.17 bits per heavy atom. The van der Waals surface area contributed by atoms with Crippen molar-refractivity contribution < 1.29 is 0 Å². The van der Waals surface area contributed by atoms with Crippen molar-refractivity contribution in [1.82, 2.24) is 9.80 Å². The maximum atomic E-state index is 5.54. The highest BCUT2D eigenvalue weighted by Crippen LogP contribution is 2.24. The topological polar surface area (TPSA) is 32.5 Å². The first kappa shape index (κ1) is 14.3. The van der Waals surface area contributed by atoms with Crippen molar-refractivity contribution in [3.8, 4) is 0 Å². The van der Waals surface area contributed by atoms with Crippen molar-refractivity contribution in [3.05, 3.63) is 0 Å². The zero-order chi connectivity index (χ0) is 12.6. The molecule has 1 aliphatic heterocycles. The summed E-state index contributed by atoms with van der Waals surface area (Å²) in [6.45, 7) is 8.61. The molecule has 2 fully saturated rings. The van der Waals surface area contributed by atoms with Crippen LogP contribution in [0.3, 0.4) is 0 Å². The third kappa shape index (κ3) is 4.87. The first-order chi connectivity index (χ1) is 8.88. The summed E-state index contributed by atoms with van der Waals surface area (Å²) in [5.41, 5.74) is 5.54. The zero-order valence-electron chi connectivity index (χ0n) is 11.9. The van der Waals surface area contributed by atoms with Crippen LogP contribution in [0.5, 0.6) is 0 Å². The molecule has 0 aromatic rings. The summed E-state index contributed by atoms with van der Waals surface area (Å²) in [6, 6.07) is 0. The quantitative estimate of drug-likeness (QED) is 0.734. The van der Waals surface area contributed by atoms with Gasteiger partial charge in [0.15, 0.2) is 0 Å². The highest BCUT2D eigenvalue weighted by molar-refractivity contribution is 4.76. The second-order valence-electron chi connectivity index (χ2n) is 6.14. The maximum Gasteiger partial charge on any atom is 0.0110 e. The fourth-order valence-corrected chi connectivity index (χ4v) is 3.41. The maximum absolute atomic E-state index is 5.54. The molecule has 0 unspecified atom stereocenters. The van der Waals surface area contributed by atoms with E-state index in [1.54, 1.807) is 0 Å². The normalized spacial score (nSPS) is 24.5. The lowest BCUT2D eigenvalue weighted by Crippen LogP contribution is -2.48. The van der Waals surface area contributed by atoms with Crippen LogP contribution in [0, 0.1) is 5.92 Å². The Kier molecular flexibility index (Phi) is 6.46. The first-order valence-corrected chi connectivity index (χ1v) is 8.03. The predicted molar refractivity (Wildman–Crippen MR) is 77.7 cm³/mol. The summed E-state index contributed by atoms with van der Waals surface area (Å²) in [4.78, 5) is 5.32. The number of nitrogens with zero attached hydrogens (tertiary/aromatic N) is 2. The second kappa shape index (κ2) is 8.13. The van der Waals surface area contributed by atoms with E-state index in [0.29, 0.717) is 0 Å². The van der Waals surface area contributed by atoms with E-state index in [4.69, 9.17) is 5.73 Å². The van der Waals surface area contributed by atoms with Crippen molar-refractivity contribution in [2.45, 2.75) is 44.9 Å². The van der Waals surface area contributed by atoms with Crippen molar-refractivity contribution in [2.24, 2.45) is 11.7 Å². The molecular weight excluding hydrogens is 222 g/mol. The van der Waals surface area contributed by atoms with Gasteiger partial charge in [0.05, 0.1) is 0 Å². The van der Waals surface area contributed by atoms with Gasteiger partial charge in [0.1, 0.15) is 0 Å². The lowest BCUT2D eigenvalue weighted by Gasteiger charge is -2.37. The molecule has 0 bridgehead atoms. The van der Waals surface area contributed by atoms with Crippen LogP contribution in [0.25, 0.3) is 0 Å². The van der Waals surface area contributed by atoms with Crippen molar-refractivity contribution in [3.63, 3.8) is 0 Å². The number of hydrogen-bond donors (Lipinski definition) is 1. The molecule has 2 rings (SSSR count). The molecule has 18 heavy (non-hydrogen) atoms. The molecule has 106 valence electrons. The van der Waals surface area contributed by atoms with Gasteiger partial charge in [-0.3, -0.25) is 0 Å². The lowest BCUT2D eigenvalue weighted by atomic mass is 9.89. The smallest absolute Gasteiger partial charge is 0.0110 e. The fraction of sp³-hybridized carbons (Fsp3) is 1.00. The molecule has 0 atom stereocenters. The third-order valence-electron chi connectivity index (χ3n) is 4.63. The van der Waals surface area contributed by atoms with Gasteiger partial charge < -0.3 is 15.5 Å². The first-order valence-electron chi connectivity index (χ1n) is 8.03. The molecule has 0 aromatic heterocycles. The van der Waals surface area contributed by atoms with Crippen LogP contribution in [0.1, 0.15) is 44.9 Å². The lowest BCUT2D eigenvalue weighted by molar-refractivity contribution is 0.109. The van der Waals surface area contributed by atoms with E-state index < -0.39 is 0 Å². The summed E-state index contributed by atoms with van der Waals surface area (Å²) in [5.74, 6) is 1.00. The monoisotopic (exact) mass is 253 g/mol.